The van der Waals surface area contributed by atoms with Crippen molar-refractivity contribution in [3.8, 4) is 11.1 Å². The molecule has 0 bridgehead atoms. The number of fused-ring (bicyclic) bond motifs is 1. The second kappa shape index (κ2) is 7.83. The molecule has 1 atom stereocenters. The van der Waals surface area contributed by atoms with Crippen LogP contribution in [-0.2, 0) is 13.1 Å². The summed E-state index contributed by atoms with van der Waals surface area (Å²) in [6.07, 6.45) is 0. The van der Waals surface area contributed by atoms with Crippen molar-refractivity contribution in [2.75, 3.05) is 7.05 Å². The van der Waals surface area contributed by atoms with Gasteiger partial charge in [-0.15, -0.1) is 11.3 Å². The van der Waals surface area contributed by atoms with Gasteiger partial charge in [-0.25, -0.2) is 9.37 Å². The van der Waals surface area contributed by atoms with E-state index in [1.165, 1.54) is 23.5 Å². The number of quaternary nitrogens is 1. The van der Waals surface area contributed by atoms with Crippen LogP contribution in [0.25, 0.3) is 21.3 Å². The molecular weight excluding hydrogens is 397 g/mol. The number of H-pyrrole nitrogens is 1. The van der Waals surface area contributed by atoms with Crippen LogP contribution in [0, 0.1) is 5.82 Å². The first-order valence-electron chi connectivity index (χ1n) is 8.81. The van der Waals surface area contributed by atoms with Gasteiger partial charge in [0.05, 0.1) is 12.4 Å². The number of halogens is 2. The molecule has 28 heavy (non-hydrogen) atoms. The maximum absolute atomic E-state index is 13.4. The van der Waals surface area contributed by atoms with E-state index < -0.39 is 0 Å². The quantitative estimate of drug-likeness (QED) is 0.523. The van der Waals surface area contributed by atoms with Gasteiger partial charge in [-0.1, -0.05) is 35.9 Å². The monoisotopic (exact) mass is 414 g/mol. The van der Waals surface area contributed by atoms with E-state index in [1.807, 2.05) is 30.6 Å². The molecule has 2 aromatic carbocycles. The zero-order valence-electron chi connectivity index (χ0n) is 15.1. The highest BCUT2D eigenvalue weighted by Gasteiger charge is 2.15. The van der Waals surface area contributed by atoms with E-state index in [1.54, 1.807) is 18.2 Å². The topological polar surface area (TPSA) is 50.2 Å². The maximum Gasteiger partial charge on any atom is 0.260 e. The largest absolute Gasteiger partial charge is 0.327 e. The minimum absolute atomic E-state index is 0.148. The van der Waals surface area contributed by atoms with Crippen LogP contribution >= 0.6 is 22.9 Å². The second-order valence-electron chi connectivity index (χ2n) is 6.79. The van der Waals surface area contributed by atoms with Crippen molar-refractivity contribution in [1.82, 2.24) is 9.97 Å². The van der Waals surface area contributed by atoms with Crippen LogP contribution < -0.4 is 10.5 Å². The van der Waals surface area contributed by atoms with Gasteiger partial charge in [0.25, 0.3) is 5.56 Å². The lowest BCUT2D eigenvalue weighted by Gasteiger charge is -2.13. The summed E-state index contributed by atoms with van der Waals surface area (Å²) in [4.78, 5) is 22.1. The minimum Gasteiger partial charge on any atom is -0.327 e. The number of thiophene rings is 1. The van der Waals surface area contributed by atoms with Gasteiger partial charge >= 0.3 is 0 Å². The van der Waals surface area contributed by atoms with E-state index in [2.05, 4.69) is 9.97 Å². The first-order chi connectivity index (χ1) is 13.5. The summed E-state index contributed by atoms with van der Waals surface area (Å²) in [5.41, 5.74) is 2.55. The smallest absolute Gasteiger partial charge is 0.260 e. The lowest BCUT2D eigenvalue weighted by Crippen LogP contribution is -3.06. The molecule has 1 unspecified atom stereocenters. The predicted molar refractivity (Wildman–Crippen MR) is 111 cm³/mol. The number of benzene rings is 2. The molecule has 0 amide bonds. The average Bonchev–Trinajstić information content (AvgIpc) is 3.06. The van der Waals surface area contributed by atoms with Gasteiger partial charge in [0.15, 0.2) is 5.82 Å². The summed E-state index contributed by atoms with van der Waals surface area (Å²) in [5, 5.41) is 3.20. The summed E-state index contributed by atoms with van der Waals surface area (Å²) in [5.74, 6) is 0.377. The van der Waals surface area contributed by atoms with Gasteiger partial charge in [0.1, 0.15) is 23.7 Å². The molecule has 2 N–H and O–H groups in total. The maximum atomic E-state index is 13.4. The van der Waals surface area contributed by atoms with Crippen molar-refractivity contribution in [3.05, 3.63) is 86.5 Å². The Morgan fingerprint density at radius 1 is 1.18 bits per heavy atom. The normalized spacial score (nSPS) is 12.4. The fourth-order valence-corrected chi connectivity index (χ4v) is 4.36. The lowest BCUT2D eigenvalue weighted by molar-refractivity contribution is -0.908. The minimum atomic E-state index is -0.244. The van der Waals surface area contributed by atoms with Crippen LogP contribution in [-0.4, -0.2) is 17.0 Å². The fraction of sp³-hybridized carbons (Fsp3) is 0.143. The van der Waals surface area contributed by atoms with Crippen molar-refractivity contribution >= 4 is 33.2 Å². The van der Waals surface area contributed by atoms with Crippen LogP contribution in [0.4, 0.5) is 4.39 Å². The Kier molecular flexibility index (Phi) is 5.26. The molecule has 4 nitrogen and oxygen atoms in total. The number of aromatic nitrogens is 2. The first kappa shape index (κ1) is 18.8. The number of nitrogens with zero attached hydrogens (tertiary/aromatic N) is 1. The molecule has 0 radical (unpaired) electrons. The Balaban J connectivity index is 1.59. The molecule has 0 saturated carbocycles. The van der Waals surface area contributed by atoms with Crippen molar-refractivity contribution in [1.29, 1.82) is 0 Å². The Hall–Kier alpha value is -2.54. The molecule has 7 heteroatoms. The van der Waals surface area contributed by atoms with Crippen molar-refractivity contribution in [2.24, 2.45) is 0 Å². The molecule has 4 aromatic rings. The third kappa shape index (κ3) is 3.99. The van der Waals surface area contributed by atoms with E-state index in [9.17, 15) is 9.18 Å². The van der Waals surface area contributed by atoms with E-state index >= 15 is 0 Å². The third-order valence-corrected chi connectivity index (χ3v) is 5.64. The van der Waals surface area contributed by atoms with Crippen LogP contribution in [0.5, 0.6) is 0 Å². The molecule has 142 valence electrons. The molecule has 2 aromatic heterocycles. The Morgan fingerprint density at radius 3 is 2.71 bits per heavy atom. The molecule has 0 saturated heterocycles. The SMILES string of the molecule is C[NH+](Cc1cccc(F)c1)Cc1nc2scc(-c3ccc(Cl)cc3)c2c(=O)[nH]1. The second-order valence-corrected chi connectivity index (χ2v) is 8.08. The lowest BCUT2D eigenvalue weighted by atomic mass is 10.1. The van der Waals surface area contributed by atoms with E-state index in [0.717, 1.165) is 21.6 Å². The van der Waals surface area contributed by atoms with Crippen molar-refractivity contribution < 1.29 is 9.29 Å². The Labute approximate surface area is 170 Å². The summed E-state index contributed by atoms with van der Waals surface area (Å²) < 4.78 is 13.4. The predicted octanol–water partition coefficient (Wildman–Crippen LogP) is 3.66. The molecule has 0 aliphatic rings. The molecule has 2 heterocycles. The average molecular weight is 415 g/mol. The van der Waals surface area contributed by atoms with Crippen LogP contribution in [0.3, 0.4) is 0 Å². The number of nitrogens with one attached hydrogen (secondary N) is 2. The molecule has 4 rings (SSSR count). The zero-order chi connectivity index (χ0) is 19.7. The molecular formula is C21H18ClFN3OS+. The highest BCUT2D eigenvalue weighted by Crippen LogP contribution is 2.31. The van der Waals surface area contributed by atoms with E-state index in [-0.39, 0.29) is 11.4 Å². The van der Waals surface area contributed by atoms with Crippen molar-refractivity contribution in [3.63, 3.8) is 0 Å². The summed E-state index contributed by atoms with van der Waals surface area (Å²) in [6, 6.07) is 14.0. The van der Waals surface area contributed by atoms with Gasteiger partial charge in [0.2, 0.25) is 0 Å². The summed E-state index contributed by atoms with van der Waals surface area (Å²) >= 11 is 7.41. The van der Waals surface area contributed by atoms with Gasteiger partial charge in [-0.2, -0.15) is 0 Å². The standard InChI is InChI=1S/C21H17ClFN3OS/c1-26(10-13-3-2-4-16(23)9-13)11-18-24-20(27)19-17(12-28-21(19)25-18)14-5-7-15(22)8-6-14/h2-9,12H,10-11H2,1H3,(H,24,25,27)/p+1. The highest BCUT2D eigenvalue weighted by molar-refractivity contribution is 7.17. The summed E-state index contributed by atoms with van der Waals surface area (Å²) in [6.45, 7) is 1.18. The van der Waals surface area contributed by atoms with Gasteiger partial charge in [-0.3, -0.25) is 4.79 Å². The Bertz CT molecular complexity index is 1190. The molecule has 0 aliphatic carbocycles. The summed E-state index contributed by atoms with van der Waals surface area (Å²) in [7, 11) is 1.99. The van der Waals surface area contributed by atoms with Crippen LogP contribution in [0.15, 0.2) is 58.7 Å². The number of hydrogen-bond acceptors (Lipinski definition) is 3. The van der Waals surface area contributed by atoms with Crippen LogP contribution in [0.1, 0.15) is 11.4 Å². The zero-order valence-corrected chi connectivity index (χ0v) is 16.7. The van der Waals surface area contributed by atoms with E-state index in [0.29, 0.717) is 34.2 Å². The first-order valence-corrected chi connectivity index (χ1v) is 10.1. The number of rotatable bonds is 5. The van der Waals surface area contributed by atoms with Crippen molar-refractivity contribution in [2.45, 2.75) is 13.1 Å². The number of hydrogen-bond donors (Lipinski definition) is 2. The molecule has 0 spiro atoms. The number of aromatic amines is 1. The van der Waals surface area contributed by atoms with Gasteiger partial charge < -0.3 is 9.88 Å². The fourth-order valence-electron chi connectivity index (χ4n) is 3.26. The Morgan fingerprint density at radius 2 is 1.96 bits per heavy atom. The highest BCUT2D eigenvalue weighted by atomic mass is 35.5. The molecule has 0 aliphatic heterocycles. The van der Waals surface area contributed by atoms with E-state index in [4.69, 9.17) is 11.6 Å². The van der Waals surface area contributed by atoms with Gasteiger partial charge in [0, 0.05) is 21.5 Å². The third-order valence-electron chi connectivity index (χ3n) is 4.51. The molecule has 0 fully saturated rings. The van der Waals surface area contributed by atoms with Gasteiger partial charge in [-0.05, 0) is 29.8 Å². The van der Waals surface area contributed by atoms with Crippen LogP contribution in [0.2, 0.25) is 5.02 Å².